The van der Waals surface area contributed by atoms with Gasteiger partial charge < -0.3 is 5.73 Å². The molecule has 0 radical (unpaired) electrons. The van der Waals surface area contributed by atoms with Gasteiger partial charge >= 0.3 is 0 Å². The van der Waals surface area contributed by atoms with Crippen LogP contribution in [0.3, 0.4) is 0 Å². The van der Waals surface area contributed by atoms with Crippen molar-refractivity contribution in [1.29, 1.82) is 0 Å². The van der Waals surface area contributed by atoms with Crippen molar-refractivity contribution in [3.8, 4) is 0 Å². The van der Waals surface area contributed by atoms with E-state index in [1.54, 1.807) is 11.8 Å². The lowest BCUT2D eigenvalue weighted by Gasteiger charge is -2.09. The fourth-order valence-electron chi connectivity index (χ4n) is 1.82. The highest BCUT2D eigenvalue weighted by atomic mass is 35.5. The van der Waals surface area contributed by atoms with Crippen molar-refractivity contribution in [1.82, 2.24) is 0 Å². The first kappa shape index (κ1) is 13.3. The topological polar surface area (TPSA) is 26.0 Å². The maximum Gasteiger partial charge on any atom is 0.0410 e. The van der Waals surface area contributed by atoms with Crippen LogP contribution < -0.4 is 5.73 Å². The van der Waals surface area contributed by atoms with Gasteiger partial charge in [0.2, 0.25) is 0 Å². The summed E-state index contributed by atoms with van der Waals surface area (Å²) in [5, 5.41) is 0.737. The number of hydrogen-bond donors (Lipinski definition) is 1. The van der Waals surface area contributed by atoms with E-state index in [1.165, 1.54) is 16.0 Å². The molecule has 94 valence electrons. The molecule has 0 spiro atoms. The first-order valence-electron chi connectivity index (χ1n) is 5.80. The molecule has 0 saturated heterocycles. The monoisotopic (exact) mass is 277 g/mol. The van der Waals surface area contributed by atoms with Crippen LogP contribution in [0.1, 0.15) is 16.7 Å². The highest BCUT2D eigenvalue weighted by Crippen LogP contribution is 2.29. The Morgan fingerprint density at radius 1 is 1.11 bits per heavy atom. The lowest BCUT2D eigenvalue weighted by atomic mass is 10.2. The average Bonchev–Trinajstić information content (AvgIpc) is 2.32. The molecule has 2 aromatic carbocycles. The Kier molecular flexibility index (Phi) is 4.20. The molecule has 0 aliphatic carbocycles. The number of nitrogens with two attached hydrogens (primary N) is 1. The van der Waals surface area contributed by atoms with Crippen molar-refractivity contribution in [3.63, 3.8) is 0 Å². The Bertz CT molecular complexity index is 566. The Balaban J connectivity index is 2.13. The predicted molar refractivity (Wildman–Crippen MR) is 81.3 cm³/mol. The van der Waals surface area contributed by atoms with Crippen LogP contribution >= 0.6 is 23.4 Å². The molecule has 0 heterocycles. The Hall–Kier alpha value is -1.12. The Morgan fingerprint density at radius 3 is 2.61 bits per heavy atom. The van der Waals surface area contributed by atoms with Crippen molar-refractivity contribution in [2.45, 2.75) is 24.5 Å². The van der Waals surface area contributed by atoms with Gasteiger partial charge in [0, 0.05) is 21.4 Å². The SMILES string of the molecule is Cc1ccc(SCc2cc(Cl)ccc2N)c(C)c1. The zero-order valence-corrected chi connectivity index (χ0v) is 12.1. The lowest BCUT2D eigenvalue weighted by Crippen LogP contribution is -1.92. The third-order valence-electron chi connectivity index (χ3n) is 2.82. The van der Waals surface area contributed by atoms with E-state index in [0.717, 1.165) is 22.0 Å². The van der Waals surface area contributed by atoms with Crippen LogP contribution in [0.5, 0.6) is 0 Å². The Labute approximate surface area is 117 Å². The molecular weight excluding hydrogens is 262 g/mol. The summed E-state index contributed by atoms with van der Waals surface area (Å²) in [7, 11) is 0. The molecule has 2 rings (SSSR count). The summed E-state index contributed by atoms with van der Waals surface area (Å²) < 4.78 is 0. The van der Waals surface area contributed by atoms with Crippen LogP contribution in [-0.2, 0) is 5.75 Å². The number of thioether (sulfide) groups is 1. The number of nitrogen functional groups attached to an aromatic ring is 1. The largest absolute Gasteiger partial charge is 0.398 e. The van der Waals surface area contributed by atoms with Crippen LogP contribution in [0, 0.1) is 13.8 Å². The van der Waals surface area contributed by atoms with E-state index in [-0.39, 0.29) is 0 Å². The van der Waals surface area contributed by atoms with Crippen molar-refractivity contribution in [2.24, 2.45) is 0 Å². The number of anilines is 1. The fraction of sp³-hybridized carbons (Fsp3) is 0.200. The molecule has 0 aliphatic rings. The summed E-state index contributed by atoms with van der Waals surface area (Å²) in [5.74, 6) is 0.844. The average molecular weight is 278 g/mol. The van der Waals surface area contributed by atoms with Crippen molar-refractivity contribution in [2.75, 3.05) is 5.73 Å². The first-order valence-corrected chi connectivity index (χ1v) is 7.16. The quantitative estimate of drug-likeness (QED) is 0.642. The standard InChI is InChI=1S/C15H16ClNS/c1-10-3-6-15(11(2)7-10)18-9-12-8-13(16)4-5-14(12)17/h3-8H,9,17H2,1-2H3. The van der Waals surface area contributed by atoms with Gasteiger partial charge in [-0.2, -0.15) is 0 Å². The summed E-state index contributed by atoms with van der Waals surface area (Å²) in [6.07, 6.45) is 0. The molecule has 0 aromatic heterocycles. The summed E-state index contributed by atoms with van der Waals surface area (Å²) >= 11 is 7.78. The molecule has 0 aliphatic heterocycles. The maximum atomic E-state index is 5.99. The maximum absolute atomic E-state index is 5.99. The molecular formula is C15H16ClNS. The highest BCUT2D eigenvalue weighted by Gasteiger charge is 2.04. The highest BCUT2D eigenvalue weighted by molar-refractivity contribution is 7.98. The van der Waals surface area contributed by atoms with Crippen LogP contribution in [0.2, 0.25) is 5.02 Å². The van der Waals surface area contributed by atoms with Gasteiger partial charge in [-0.15, -0.1) is 11.8 Å². The molecule has 18 heavy (non-hydrogen) atoms. The number of benzene rings is 2. The van der Waals surface area contributed by atoms with Gasteiger partial charge in [-0.3, -0.25) is 0 Å². The second kappa shape index (κ2) is 5.68. The molecule has 0 fully saturated rings. The second-order valence-electron chi connectivity index (χ2n) is 4.40. The number of halogens is 1. The van der Waals surface area contributed by atoms with E-state index < -0.39 is 0 Å². The molecule has 0 saturated carbocycles. The van der Waals surface area contributed by atoms with Gasteiger partial charge in [-0.05, 0) is 49.2 Å². The van der Waals surface area contributed by atoms with Crippen molar-refractivity contribution < 1.29 is 0 Å². The van der Waals surface area contributed by atoms with Gasteiger partial charge in [0.05, 0.1) is 0 Å². The number of hydrogen-bond acceptors (Lipinski definition) is 2. The molecule has 0 unspecified atom stereocenters. The van der Waals surface area contributed by atoms with Crippen LogP contribution in [0.4, 0.5) is 5.69 Å². The lowest BCUT2D eigenvalue weighted by molar-refractivity contribution is 1.26. The van der Waals surface area contributed by atoms with E-state index >= 15 is 0 Å². The normalized spacial score (nSPS) is 10.6. The van der Waals surface area contributed by atoms with E-state index in [4.69, 9.17) is 17.3 Å². The van der Waals surface area contributed by atoms with Crippen molar-refractivity contribution >= 4 is 29.1 Å². The third kappa shape index (κ3) is 3.21. The minimum Gasteiger partial charge on any atom is -0.398 e. The molecule has 0 bridgehead atoms. The summed E-state index contributed by atoms with van der Waals surface area (Å²) in [4.78, 5) is 1.29. The number of aryl methyl sites for hydroxylation is 2. The zero-order valence-electron chi connectivity index (χ0n) is 10.5. The van der Waals surface area contributed by atoms with Gasteiger partial charge in [0.25, 0.3) is 0 Å². The smallest absolute Gasteiger partial charge is 0.0410 e. The van der Waals surface area contributed by atoms with Crippen LogP contribution in [0.15, 0.2) is 41.3 Å². The third-order valence-corrected chi connectivity index (χ3v) is 4.28. The molecule has 1 nitrogen and oxygen atoms in total. The molecule has 0 atom stereocenters. The summed E-state index contributed by atoms with van der Waals surface area (Å²) in [6, 6.07) is 12.1. The van der Waals surface area contributed by atoms with Gasteiger partial charge in [0.15, 0.2) is 0 Å². The Morgan fingerprint density at radius 2 is 1.89 bits per heavy atom. The minimum atomic E-state index is 0.737. The van der Waals surface area contributed by atoms with E-state index in [2.05, 4.69) is 32.0 Å². The van der Waals surface area contributed by atoms with Crippen LogP contribution in [0.25, 0.3) is 0 Å². The minimum absolute atomic E-state index is 0.737. The number of rotatable bonds is 3. The molecule has 2 N–H and O–H groups in total. The van der Waals surface area contributed by atoms with Gasteiger partial charge in [-0.1, -0.05) is 29.3 Å². The van der Waals surface area contributed by atoms with Crippen molar-refractivity contribution in [3.05, 3.63) is 58.1 Å². The van der Waals surface area contributed by atoms with Gasteiger partial charge in [0.1, 0.15) is 0 Å². The fourth-order valence-corrected chi connectivity index (χ4v) is 3.02. The summed E-state index contributed by atoms with van der Waals surface area (Å²) in [6.45, 7) is 4.24. The van der Waals surface area contributed by atoms with Crippen LogP contribution in [-0.4, -0.2) is 0 Å². The molecule has 0 amide bonds. The second-order valence-corrected chi connectivity index (χ2v) is 5.85. The van der Waals surface area contributed by atoms with Gasteiger partial charge in [-0.25, -0.2) is 0 Å². The molecule has 3 heteroatoms. The predicted octanol–water partition coefficient (Wildman–Crippen LogP) is 4.83. The van der Waals surface area contributed by atoms with E-state index in [1.807, 2.05) is 18.2 Å². The molecule has 2 aromatic rings. The summed E-state index contributed by atoms with van der Waals surface area (Å²) in [5.41, 5.74) is 10.4. The van der Waals surface area contributed by atoms with E-state index in [9.17, 15) is 0 Å². The van der Waals surface area contributed by atoms with E-state index in [0.29, 0.717) is 0 Å². The first-order chi connectivity index (χ1) is 8.56. The zero-order chi connectivity index (χ0) is 13.1.